The zero-order valence-electron chi connectivity index (χ0n) is 19.8. The van der Waals surface area contributed by atoms with Crippen LogP contribution in [0.3, 0.4) is 0 Å². The van der Waals surface area contributed by atoms with Gasteiger partial charge >= 0.3 is 0 Å². The summed E-state index contributed by atoms with van der Waals surface area (Å²) >= 11 is 6.66. The van der Waals surface area contributed by atoms with Crippen LogP contribution in [-0.2, 0) is 11.2 Å². The van der Waals surface area contributed by atoms with E-state index in [1.165, 1.54) is 16.2 Å². The molecule has 1 aliphatic heterocycles. The molecule has 37 heavy (non-hydrogen) atoms. The number of aliphatic hydroxyl groups excluding tert-OH is 1. The van der Waals surface area contributed by atoms with Crippen molar-refractivity contribution in [1.29, 1.82) is 0 Å². The van der Waals surface area contributed by atoms with Crippen LogP contribution in [0.25, 0.3) is 11.7 Å². The van der Waals surface area contributed by atoms with Crippen LogP contribution in [0.15, 0.2) is 94.8 Å². The topological polar surface area (TPSA) is 86.9 Å². The second-order valence-corrected chi connectivity index (χ2v) is 10.2. The molecule has 4 aromatic rings. The zero-order valence-corrected chi connectivity index (χ0v) is 21.4. The van der Waals surface area contributed by atoms with Gasteiger partial charge in [0, 0.05) is 19.3 Å². The molecule has 186 valence electrons. The fraction of sp³-hybridized carbons (Fsp3) is 0.143. The number of pyridine rings is 1. The van der Waals surface area contributed by atoms with E-state index in [1.807, 2.05) is 60.7 Å². The largest absolute Gasteiger partial charge is 0.387 e. The molecular weight excluding hydrogens is 504 g/mol. The number of nitrogens with zero attached hydrogens (tertiary/aromatic N) is 3. The number of hydrogen-bond donors (Lipinski definition) is 2. The van der Waals surface area contributed by atoms with E-state index in [0.717, 1.165) is 11.1 Å². The van der Waals surface area contributed by atoms with Crippen LogP contribution in [0.4, 0.5) is 5.82 Å². The number of amides is 1. The van der Waals surface area contributed by atoms with Gasteiger partial charge in [0.15, 0.2) is 0 Å². The minimum absolute atomic E-state index is 0.137. The Balaban J connectivity index is 1.44. The molecule has 2 aromatic carbocycles. The predicted octanol–water partition coefficient (Wildman–Crippen LogP) is 4.28. The summed E-state index contributed by atoms with van der Waals surface area (Å²) in [6.45, 7) is 0.591. The van der Waals surface area contributed by atoms with Crippen LogP contribution >= 0.6 is 24.0 Å². The summed E-state index contributed by atoms with van der Waals surface area (Å²) in [7, 11) is 0. The number of rotatable bonds is 8. The van der Waals surface area contributed by atoms with Gasteiger partial charge in [0.1, 0.15) is 15.8 Å². The number of carbonyl (C=O) groups is 1. The number of benzene rings is 2. The summed E-state index contributed by atoms with van der Waals surface area (Å²) in [6, 6.07) is 24.4. The fourth-order valence-corrected chi connectivity index (χ4v) is 5.35. The first kappa shape index (κ1) is 24.9. The number of nitrogens with one attached hydrogen (secondary N) is 1. The Morgan fingerprint density at radius 3 is 2.46 bits per heavy atom. The monoisotopic (exact) mass is 528 g/mol. The number of thioether (sulfide) groups is 1. The number of fused-ring (bicyclic) bond motifs is 1. The van der Waals surface area contributed by atoms with Gasteiger partial charge in [0.05, 0.1) is 16.6 Å². The Morgan fingerprint density at radius 1 is 1.00 bits per heavy atom. The van der Waals surface area contributed by atoms with Crippen LogP contribution in [0.2, 0.25) is 0 Å². The highest BCUT2D eigenvalue weighted by atomic mass is 32.2. The summed E-state index contributed by atoms with van der Waals surface area (Å²) in [5.41, 5.74) is 2.22. The summed E-state index contributed by atoms with van der Waals surface area (Å²) in [5.74, 6) is 0.0551. The standard InChI is InChI=1S/C28H24N4O3S2/c33-22(20-11-5-2-6-12-20)18-29-25-21(26(34)31-15-8-7-13-24(31)30-25)17-23-27(35)32(28(36)37-23)16-14-19-9-3-1-4-10-19/h1-13,15,17,22,29,33H,14,16,18H2. The SMILES string of the molecule is O=C1C(=Cc2c(NCC(O)c3ccccc3)nc3ccccn3c2=O)SC(=S)N1CCc1ccccc1. The van der Waals surface area contributed by atoms with Gasteiger partial charge in [0.25, 0.3) is 11.5 Å². The van der Waals surface area contributed by atoms with Crippen LogP contribution in [0, 0.1) is 0 Å². The Labute approximate surface area is 223 Å². The van der Waals surface area contributed by atoms with Gasteiger partial charge in [-0.3, -0.25) is 18.9 Å². The van der Waals surface area contributed by atoms with Crippen molar-refractivity contribution in [2.45, 2.75) is 12.5 Å². The van der Waals surface area contributed by atoms with E-state index in [1.54, 1.807) is 35.4 Å². The average Bonchev–Trinajstić information content (AvgIpc) is 3.20. The molecule has 7 nitrogen and oxygen atoms in total. The highest BCUT2D eigenvalue weighted by Crippen LogP contribution is 2.33. The number of hydrogen-bond acceptors (Lipinski definition) is 7. The minimum atomic E-state index is -0.804. The third-order valence-electron chi connectivity index (χ3n) is 6.03. The summed E-state index contributed by atoms with van der Waals surface area (Å²) in [6.07, 6.45) is 3.05. The van der Waals surface area contributed by atoms with E-state index in [9.17, 15) is 14.7 Å². The zero-order chi connectivity index (χ0) is 25.8. The molecule has 1 saturated heterocycles. The second-order valence-electron chi connectivity index (χ2n) is 8.48. The van der Waals surface area contributed by atoms with E-state index in [2.05, 4.69) is 10.3 Å². The molecule has 0 saturated carbocycles. The molecule has 9 heteroatoms. The molecular formula is C28H24N4O3S2. The van der Waals surface area contributed by atoms with Gasteiger partial charge in [-0.25, -0.2) is 4.98 Å². The molecule has 1 unspecified atom stereocenters. The van der Waals surface area contributed by atoms with Crippen LogP contribution < -0.4 is 10.9 Å². The lowest BCUT2D eigenvalue weighted by atomic mass is 10.1. The lowest BCUT2D eigenvalue weighted by molar-refractivity contribution is -0.122. The summed E-state index contributed by atoms with van der Waals surface area (Å²) in [5, 5.41) is 13.7. The molecule has 1 fully saturated rings. The molecule has 1 atom stereocenters. The van der Waals surface area contributed by atoms with E-state index >= 15 is 0 Å². The van der Waals surface area contributed by atoms with Gasteiger partial charge < -0.3 is 10.4 Å². The number of thiocarbonyl (C=S) groups is 1. The molecule has 5 rings (SSSR count). The molecule has 2 N–H and O–H groups in total. The molecule has 3 heterocycles. The second kappa shape index (κ2) is 11.1. The Hall–Kier alpha value is -3.79. The van der Waals surface area contributed by atoms with E-state index in [4.69, 9.17) is 12.2 Å². The number of aromatic nitrogens is 2. The third kappa shape index (κ3) is 5.48. The van der Waals surface area contributed by atoms with Crippen LogP contribution in [-0.4, -0.2) is 42.7 Å². The molecule has 0 radical (unpaired) electrons. The lowest BCUT2D eigenvalue weighted by Crippen LogP contribution is -2.30. The normalized spacial score (nSPS) is 15.5. The van der Waals surface area contributed by atoms with Gasteiger partial charge in [-0.15, -0.1) is 0 Å². The van der Waals surface area contributed by atoms with Crippen molar-refractivity contribution in [2.75, 3.05) is 18.4 Å². The van der Waals surface area contributed by atoms with Crippen molar-refractivity contribution in [3.8, 4) is 0 Å². The van der Waals surface area contributed by atoms with Crippen molar-refractivity contribution < 1.29 is 9.90 Å². The predicted molar refractivity (Wildman–Crippen MR) is 151 cm³/mol. The maximum Gasteiger partial charge on any atom is 0.267 e. The van der Waals surface area contributed by atoms with Crippen LogP contribution in [0.1, 0.15) is 22.8 Å². The highest BCUT2D eigenvalue weighted by molar-refractivity contribution is 8.26. The lowest BCUT2D eigenvalue weighted by Gasteiger charge is -2.15. The van der Waals surface area contributed by atoms with Crippen molar-refractivity contribution in [3.05, 3.63) is 117 Å². The van der Waals surface area contributed by atoms with E-state index < -0.39 is 6.10 Å². The van der Waals surface area contributed by atoms with Crippen molar-refractivity contribution in [3.63, 3.8) is 0 Å². The molecule has 0 spiro atoms. The van der Waals surface area contributed by atoms with Gasteiger partial charge in [0.2, 0.25) is 0 Å². The average molecular weight is 529 g/mol. The fourth-order valence-electron chi connectivity index (χ4n) is 4.06. The minimum Gasteiger partial charge on any atom is -0.387 e. The summed E-state index contributed by atoms with van der Waals surface area (Å²) in [4.78, 5) is 33.2. The molecule has 1 amide bonds. The Kier molecular flexibility index (Phi) is 7.45. The maximum atomic E-state index is 13.4. The maximum absolute atomic E-state index is 13.4. The number of aliphatic hydroxyl groups is 1. The Bertz CT molecular complexity index is 1540. The van der Waals surface area contributed by atoms with Gasteiger partial charge in [-0.2, -0.15) is 0 Å². The van der Waals surface area contributed by atoms with Crippen molar-refractivity contribution >= 4 is 51.7 Å². The van der Waals surface area contributed by atoms with E-state index in [-0.39, 0.29) is 23.6 Å². The third-order valence-corrected chi connectivity index (χ3v) is 7.41. The number of carbonyl (C=O) groups excluding carboxylic acids is 1. The van der Waals surface area contributed by atoms with Crippen molar-refractivity contribution in [2.24, 2.45) is 0 Å². The highest BCUT2D eigenvalue weighted by Gasteiger charge is 2.32. The van der Waals surface area contributed by atoms with Gasteiger partial charge in [-0.1, -0.05) is 90.7 Å². The molecule has 2 aromatic heterocycles. The van der Waals surface area contributed by atoms with Gasteiger partial charge in [-0.05, 0) is 35.8 Å². The van der Waals surface area contributed by atoms with Crippen LogP contribution in [0.5, 0.6) is 0 Å². The quantitative estimate of drug-likeness (QED) is 0.261. The van der Waals surface area contributed by atoms with E-state index in [0.29, 0.717) is 33.7 Å². The Morgan fingerprint density at radius 2 is 1.70 bits per heavy atom. The molecule has 0 aliphatic carbocycles. The smallest absolute Gasteiger partial charge is 0.267 e. The van der Waals surface area contributed by atoms with Crippen molar-refractivity contribution in [1.82, 2.24) is 14.3 Å². The number of anilines is 1. The first-order valence-corrected chi connectivity index (χ1v) is 13.0. The molecule has 0 bridgehead atoms. The molecule has 1 aliphatic rings. The first-order valence-electron chi connectivity index (χ1n) is 11.8. The summed E-state index contributed by atoms with van der Waals surface area (Å²) < 4.78 is 1.89. The first-order chi connectivity index (χ1) is 18.0.